The Bertz CT molecular complexity index is 1350. The van der Waals surface area contributed by atoms with Gasteiger partial charge in [0.1, 0.15) is 18.4 Å². The van der Waals surface area contributed by atoms with Crippen LogP contribution in [0.5, 0.6) is 0 Å². The van der Waals surface area contributed by atoms with Crippen molar-refractivity contribution < 1.29 is 22.4 Å². The van der Waals surface area contributed by atoms with Crippen LogP contribution in [0.15, 0.2) is 83.8 Å². The molecule has 1 unspecified atom stereocenters. The minimum Gasteiger partial charge on any atom is -0.352 e. The molecule has 3 aromatic carbocycles. The first-order chi connectivity index (χ1) is 18.0. The summed E-state index contributed by atoms with van der Waals surface area (Å²) in [4.78, 5) is 28.2. The van der Waals surface area contributed by atoms with Crippen LogP contribution in [0.1, 0.15) is 32.8 Å². The van der Waals surface area contributed by atoms with Gasteiger partial charge in [0.2, 0.25) is 11.8 Å². The highest BCUT2D eigenvalue weighted by Crippen LogP contribution is 2.25. The molecule has 7 nitrogen and oxygen atoms in total. The summed E-state index contributed by atoms with van der Waals surface area (Å²) in [6, 6.07) is 18.5. The number of anilines is 1. The number of halogens is 2. The van der Waals surface area contributed by atoms with Crippen LogP contribution in [0.4, 0.5) is 10.1 Å². The van der Waals surface area contributed by atoms with E-state index >= 15 is 0 Å². The Balaban J connectivity index is 2.05. The maximum Gasteiger partial charge on any atom is 0.264 e. The minimum absolute atomic E-state index is 0.00174. The largest absolute Gasteiger partial charge is 0.352 e. The Morgan fingerprint density at radius 1 is 0.947 bits per heavy atom. The Morgan fingerprint density at radius 2 is 1.55 bits per heavy atom. The normalized spacial score (nSPS) is 12.2. The van der Waals surface area contributed by atoms with Crippen molar-refractivity contribution in [3.63, 3.8) is 0 Å². The van der Waals surface area contributed by atoms with Crippen LogP contribution >= 0.6 is 11.6 Å². The fourth-order valence-electron chi connectivity index (χ4n) is 3.97. The Labute approximate surface area is 228 Å². The van der Waals surface area contributed by atoms with E-state index in [1.54, 1.807) is 61.5 Å². The van der Waals surface area contributed by atoms with E-state index in [0.29, 0.717) is 17.0 Å². The molecule has 202 valence electrons. The van der Waals surface area contributed by atoms with Gasteiger partial charge in [0.05, 0.1) is 10.6 Å². The monoisotopic (exact) mass is 559 g/mol. The van der Waals surface area contributed by atoms with Crippen LogP contribution in [-0.4, -0.2) is 43.8 Å². The van der Waals surface area contributed by atoms with Crippen LogP contribution < -0.4 is 9.62 Å². The lowest BCUT2D eigenvalue weighted by Gasteiger charge is -2.33. The van der Waals surface area contributed by atoms with Gasteiger partial charge in [-0.1, -0.05) is 54.9 Å². The summed E-state index contributed by atoms with van der Waals surface area (Å²) in [7, 11) is -4.26. The summed E-state index contributed by atoms with van der Waals surface area (Å²) in [5, 5.41) is 3.26. The van der Waals surface area contributed by atoms with Crippen molar-refractivity contribution in [1.29, 1.82) is 0 Å². The third-order valence-electron chi connectivity index (χ3n) is 5.84. The predicted molar refractivity (Wildman–Crippen MR) is 147 cm³/mol. The zero-order chi connectivity index (χ0) is 27.9. The molecule has 10 heteroatoms. The second-order valence-corrected chi connectivity index (χ2v) is 11.3. The molecule has 0 saturated heterocycles. The standard InChI is InChI=1S/C28H31ClFN3O4S/c1-4-26(28(35)31-20(2)3)32(18-21-10-8-9-13-25(21)29)27(34)19-33(23-11-6-5-7-12-23)38(36,37)24-16-14-22(30)15-17-24/h5-17,20,26H,4,18-19H2,1-3H3,(H,31,35). The summed E-state index contributed by atoms with van der Waals surface area (Å²) in [6.07, 6.45) is 0.296. The van der Waals surface area contributed by atoms with Crippen molar-refractivity contribution >= 4 is 39.1 Å². The molecular formula is C28H31ClFN3O4S. The van der Waals surface area contributed by atoms with Gasteiger partial charge in [0, 0.05) is 17.6 Å². The Morgan fingerprint density at radius 3 is 2.13 bits per heavy atom. The van der Waals surface area contributed by atoms with Crippen molar-refractivity contribution in [2.24, 2.45) is 0 Å². The van der Waals surface area contributed by atoms with Crippen molar-refractivity contribution in [2.75, 3.05) is 10.8 Å². The Hall–Kier alpha value is -3.43. The lowest BCUT2D eigenvalue weighted by atomic mass is 10.1. The molecule has 3 rings (SSSR count). The molecule has 0 saturated carbocycles. The van der Waals surface area contributed by atoms with E-state index in [4.69, 9.17) is 11.6 Å². The quantitative estimate of drug-likeness (QED) is 0.358. The molecule has 0 fully saturated rings. The van der Waals surface area contributed by atoms with Crippen molar-refractivity contribution in [3.05, 3.63) is 95.3 Å². The molecule has 0 bridgehead atoms. The zero-order valence-electron chi connectivity index (χ0n) is 21.5. The van der Waals surface area contributed by atoms with E-state index < -0.39 is 34.3 Å². The van der Waals surface area contributed by atoms with Gasteiger partial charge >= 0.3 is 0 Å². The van der Waals surface area contributed by atoms with Crippen LogP contribution in [0.3, 0.4) is 0 Å². The smallest absolute Gasteiger partial charge is 0.264 e. The van der Waals surface area contributed by atoms with E-state index in [1.807, 2.05) is 13.8 Å². The lowest BCUT2D eigenvalue weighted by molar-refractivity contribution is -0.140. The Kier molecular flexibility index (Phi) is 9.88. The van der Waals surface area contributed by atoms with Crippen LogP contribution in [0.2, 0.25) is 5.02 Å². The highest BCUT2D eigenvalue weighted by atomic mass is 35.5. The third-order valence-corrected chi connectivity index (χ3v) is 8.00. The average Bonchev–Trinajstić information content (AvgIpc) is 2.88. The first-order valence-corrected chi connectivity index (χ1v) is 14.0. The average molecular weight is 560 g/mol. The predicted octanol–water partition coefficient (Wildman–Crippen LogP) is 5.01. The zero-order valence-corrected chi connectivity index (χ0v) is 23.0. The molecule has 1 atom stereocenters. The summed E-state index contributed by atoms with van der Waals surface area (Å²) >= 11 is 6.38. The number of benzene rings is 3. The van der Waals surface area contributed by atoms with E-state index in [2.05, 4.69) is 5.32 Å². The molecule has 0 aliphatic carbocycles. The molecule has 0 aliphatic heterocycles. The number of para-hydroxylation sites is 1. The van der Waals surface area contributed by atoms with Crippen molar-refractivity contribution in [3.8, 4) is 0 Å². The number of sulfonamides is 1. The number of carbonyl (C=O) groups excluding carboxylic acids is 2. The molecule has 0 spiro atoms. The van der Waals surface area contributed by atoms with Gasteiger partial charge in [-0.25, -0.2) is 12.8 Å². The van der Waals surface area contributed by atoms with E-state index in [0.717, 1.165) is 28.6 Å². The summed E-state index contributed by atoms with van der Waals surface area (Å²) in [5.41, 5.74) is 0.869. The number of hydrogen-bond donors (Lipinski definition) is 1. The molecule has 1 N–H and O–H groups in total. The number of hydrogen-bond acceptors (Lipinski definition) is 4. The number of amides is 2. The molecule has 38 heavy (non-hydrogen) atoms. The second-order valence-electron chi connectivity index (χ2n) is 9.00. The van der Waals surface area contributed by atoms with Gasteiger partial charge in [-0.3, -0.25) is 13.9 Å². The summed E-state index contributed by atoms with van der Waals surface area (Å²) < 4.78 is 41.8. The molecule has 2 amide bonds. The highest BCUT2D eigenvalue weighted by Gasteiger charge is 2.34. The van der Waals surface area contributed by atoms with Crippen LogP contribution in [0, 0.1) is 5.82 Å². The van der Waals surface area contributed by atoms with E-state index in [-0.39, 0.29) is 29.1 Å². The molecule has 3 aromatic rings. The first-order valence-electron chi connectivity index (χ1n) is 12.2. The number of nitrogens with zero attached hydrogens (tertiary/aromatic N) is 2. The third kappa shape index (κ3) is 7.11. The number of rotatable bonds is 11. The van der Waals surface area contributed by atoms with Crippen molar-refractivity contribution in [2.45, 2.75) is 50.7 Å². The summed E-state index contributed by atoms with van der Waals surface area (Å²) in [5.74, 6) is -1.53. The van der Waals surface area contributed by atoms with Gasteiger partial charge in [0.25, 0.3) is 10.0 Å². The van der Waals surface area contributed by atoms with Crippen LogP contribution in [0.25, 0.3) is 0 Å². The lowest BCUT2D eigenvalue weighted by Crippen LogP contribution is -2.53. The highest BCUT2D eigenvalue weighted by molar-refractivity contribution is 7.92. The SMILES string of the molecule is CCC(C(=O)NC(C)C)N(Cc1ccccc1Cl)C(=O)CN(c1ccccc1)S(=O)(=O)c1ccc(F)cc1. The van der Waals surface area contributed by atoms with E-state index in [1.165, 1.54) is 4.90 Å². The molecule has 0 aliphatic rings. The topological polar surface area (TPSA) is 86.8 Å². The van der Waals surface area contributed by atoms with Gasteiger partial charge in [-0.2, -0.15) is 0 Å². The van der Waals surface area contributed by atoms with Gasteiger partial charge in [0.15, 0.2) is 0 Å². The molecule has 0 radical (unpaired) electrons. The van der Waals surface area contributed by atoms with Gasteiger partial charge in [-0.05, 0) is 68.3 Å². The second kappa shape index (κ2) is 12.9. The maximum atomic E-state index is 13.9. The fourth-order valence-corrected chi connectivity index (χ4v) is 5.58. The fraction of sp³-hybridized carbons (Fsp3) is 0.286. The minimum atomic E-state index is -4.26. The van der Waals surface area contributed by atoms with Crippen LogP contribution in [-0.2, 0) is 26.2 Å². The number of nitrogens with one attached hydrogen (secondary N) is 1. The molecule has 0 heterocycles. The molecule has 0 aromatic heterocycles. The maximum absolute atomic E-state index is 13.9. The van der Waals surface area contributed by atoms with Crippen molar-refractivity contribution in [1.82, 2.24) is 10.2 Å². The van der Waals surface area contributed by atoms with E-state index in [9.17, 15) is 22.4 Å². The number of carbonyl (C=O) groups is 2. The van der Waals surface area contributed by atoms with Gasteiger partial charge in [-0.15, -0.1) is 0 Å². The summed E-state index contributed by atoms with van der Waals surface area (Å²) in [6.45, 7) is 4.83. The first kappa shape index (κ1) is 29.1. The molecular weight excluding hydrogens is 529 g/mol. The van der Waals surface area contributed by atoms with Gasteiger partial charge < -0.3 is 10.2 Å².